The van der Waals surface area contributed by atoms with Crippen LogP contribution >= 0.6 is 0 Å². The summed E-state index contributed by atoms with van der Waals surface area (Å²) in [6.45, 7) is 0. The van der Waals surface area contributed by atoms with Gasteiger partial charge >= 0.3 is 5.69 Å². The summed E-state index contributed by atoms with van der Waals surface area (Å²) in [5, 5.41) is 2.68. The van der Waals surface area contributed by atoms with Gasteiger partial charge in [-0.2, -0.15) is 0 Å². The summed E-state index contributed by atoms with van der Waals surface area (Å²) in [4.78, 5) is 59.3. The Labute approximate surface area is 175 Å². The average molecular weight is 415 g/mol. The Bertz CT molecular complexity index is 1360. The second-order valence-corrected chi connectivity index (χ2v) is 6.78. The summed E-state index contributed by atoms with van der Waals surface area (Å²) < 4.78 is 0.919. The van der Waals surface area contributed by atoms with Gasteiger partial charge in [0.2, 0.25) is 0 Å². The van der Waals surface area contributed by atoms with E-state index in [9.17, 15) is 19.2 Å². The van der Waals surface area contributed by atoms with E-state index in [1.54, 1.807) is 0 Å². The predicted molar refractivity (Wildman–Crippen MR) is 113 cm³/mol. The molecule has 1 atom stereocenters. The van der Waals surface area contributed by atoms with Crippen molar-refractivity contribution in [1.82, 2.24) is 24.8 Å². The molecule has 0 spiro atoms. The number of hydrogen-bond donors (Lipinski definition) is 2. The Kier molecular flexibility index (Phi) is 5.48. The van der Waals surface area contributed by atoms with Gasteiger partial charge in [-0.05, 0) is 36.2 Å². The summed E-state index contributed by atoms with van der Waals surface area (Å²) in [6, 6.07) is 14.6. The number of nitrogens with zero attached hydrogens (tertiary/aromatic N) is 3. The monoisotopic (exact) mass is 415 g/mol. The number of carbonyl (C=O) groups excluding carboxylic acids is 2. The van der Waals surface area contributed by atoms with Crippen LogP contribution in [-0.2, 0) is 11.2 Å². The normalized spacial score (nSPS) is 11.7. The fourth-order valence-electron chi connectivity index (χ4n) is 3.19. The minimum Gasteiger partial charge on any atom is -0.342 e. The quantitative estimate of drug-likeness (QED) is 0.453. The van der Waals surface area contributed by atoms with Crippen LogP contribution in [0.4, 0.5) is 0 Å². The fraction of sp³-hybridized carbons (Fsp3) is 0.0909. The summed E-state index contributed by atoms with van der Waals surface area (Å²) in [6.07, 6.45) is 3.80. The Hall–Kier alpha value is -4.40. The molecule has 9 nitrogen and oxygen atoms in total. The van der Waals surface area contributed by atoms with Crippen molar-refractivity contribution in [2.24, 2.45) is 0 Å². The molecule has 2 N–H and O–H groups in total. The van der Waals surface area contributed by atoms with Crippen molar-refractivity contribution in [3.63, 3.8) is 0 Å². The average Bonchev–Trinajstić information content (AvgIpc) is 2.79. The first-order chi connectivity index (χ1) is 15.1. The van der Waals surface area contributed by atoms with Crippen molar-refractivity contribution in [2.75, 3.05) is 0 Å². The van der Waals surface area contributed by atoms with Gasteiger partial charge in [0, 0.05) is 18.0 Å². The maximum Gasteiger partial charge on any atom is 0.334 e. The highest BCUT2D eigenvalue weighted by Crippen LogP contribution is 2.09. The fourth-order valence-corrected chi connectivity index (χ4v) is 3.19. The molecule has 0 aliphatic rings. The van der Waals surface area contributed by atoms with Gasteiger partial charge in [0.05, 0.1) is 11.7 Å². The molecular formula is C22H17N5O4. The zero-order valence-electron chi connectivity index (χ0n) is 16.2. The third kappa shape index (κ3) is 4.15. The Morgan fingerprint density at radius 3 is 2.45 bits per heavy atom. The molecular weight excluding hydrogens is 398 g/mol. The highest BCUT2D eigenvalue weighted by molar-refractivity contribution is 5.95. The Morgan fingerprint density at radius 2 is 1.74 bits per heavy atom. The smallest absolute Gasteiger partial charge is 0.334 e. The number of fused-ring (bicyclic) bond motifs is 1. The van der Waals surface area contributed by atoms with E-state index >= 15 is 0 Å². The van der Waals surface area contributed by atoms with E-state index in [-0.39, 0.29) is 22.4 Å². The van der Waals surface area contributed by atoms with Crippen molar-refractivity contribution in [1.29, 1.82) is 0 Å². The summed E-state index contributed by atoms with van der Waals surface area (Å²) >= 11 is 0. The lowest BCUT2D eigenvalue weighted by Crippen LogP contribution is -2.37. The van der Waals surface area contributed by atoms with E-state index in [0.29, 0.717) is 12.7 Å². The summed E-state index contributed by atoms with van der Waals surface area (Å²) in [5.74, 6) is -0.440. The number of aromatic nitrogens is 4. The molecule has 4 aromatic rings. The van der Waals surface area contributed by atoms with E-state index in [0.717, 1.165) is 10.1 Å². The molecule has 2 aromatic heterocycles. The molecule has 0 radical (unpaired) electrons. The van der Waals surface area contributed by atoms with Crippen LogP contribution in [0.15, 0.2) is 76.6 Å². The van der Waals surface area contributed by atoms with Gasteiger partial charge in [-0.25, -0.2) is 19.3 Å². The molecule has 4 rings (SSSR count). The standard InChI is InChI=1S/C22H17N5O4/c28-13-16(12-14-4-2-1-3-5-14)25-20(29)15-6-8-17(9-7-15)27-21(30)18-19(26-22(27)31)24-11-10-23-18/h1-11,13,16H,12H2,(H,25,29)(H,24,26,31). The third-order valence-electron chi connectivity index (χ3n) is 4.70. The van der Waals surface area contributed by atoms with Gasteiger partial charge in [0.15, 0.2) is 11.2 Å². The molecule has 154 valence electrons. The first-order valence-electron chi connectivity index (χ1n) is 9.43. The zero-order chi connectivity index (χ0) is 21.8. The number of aldehydes is 1. The lowest BCUT2D eigenvalue weighted by Gasteiger charge is -2.13. The number of nitrogens with one attached hydrogen (secondary N) is 2. The van der Waals surface area contributed by atoms with Gasteiger partial charge in [-0.3, -0.25) is 14.6 Å². The van der Waals surface area contributed by atoms with Crippen LogP contribution in [0.2, 0.25) is 0 Å². The molecule has 0 aliphatic heterocycles. The number of amides is 1. The minimum absolute atomic E-state index is 0.0265. The highest BCUT2D eigenvalue weighted by atomic mass is 16.2. The van der Waals surface area contributed by atoms with Crippen LogP contribution in [-0.4, -0.2) is 37.8 Å². The molecule has 9 heteroatoms. The van der Waals surface area contributed by atoms with Crippen molar-refractivity contribution in [3.05, 3.63) is 99.0 Å². The van der Waals surface area contributed by atoms with Crippen LogP contribution < -0.4 is 16.6 Å². The largest absolute Gasteiger partial charge is 0.342 e. The number of aromatic amines is 1. The van der Waals surface area contributed by atoms with Gasteiger partial charge in [-0.1, -0.05) is 30.3 Å². The number of hydrogen-bond acceptors (Lipinski definition) is 6. The highest BCUT2D eigenvalue weighted by Gasteiger charge is 2.15. The van der Waals surface area contributed by atoms with Gasteiger partial charge < -0.3 is 10.1 Å². The van der Waals surface area contributed by atoms with Crippen molar-refractivity contribution in [2.45, 2.75) is 12.5 Å². The van der Waals surface area contributed by atoms with E-state index in [1.807, 2.05) is 30.3 Å². The summed E-state index contributed by atoms with van der Waals surface area (Å²) in [5.41, 5.74) is 0.322. The van der Waals surface area contributed by atoms with Crippen molar-refractivity contribution < 1.29 is 9.59 Å². The molecule has 1 unspecified atom stereocenters. The number of rotatable bonds is 6. The van der Waals surface area contributed by atoms with Crippen LogP contribution in [0.5, 0.6) is 0 Å². The SMILES string of the molecule is O=CC(Cc1ccccc1)NC(=O)c1ccc(-n2c(=O)[nH]c3nccnc3c2=O)cc1. The van der Waals surface area contributed by atoms with Gasteiger partial charge in [0.1, 0.15) is 6.29 Å². The second-order valence-electron chi connectivity index (χ2n) is 6.78. The van der Waals surface area contributed by atoms with Crippen molar-refractivity contribution in [3.8, 4) is 5.69 Å². The van der Waals surface area contributed by atoms with E-state index < -0.39 is 23.2 Å². The van der Waals surface area contributed by atoms with E-state index in [2.05, 4.69) is 20.3 Å². The van der Waals surface area contributed by atoms with Gasteiger partial charge in [0.25, 0.3) is 11.5 Å². The van der Waals surface area contributed by atoms with Crippen LogP contribution in [0.3, 0.4) is 0 Å². The number of H-pyrrole nitrogens is 1. The molecule has 31 heavy (non-hydrogen) atoms. The number of carbonyl (C=O) groups is 2. The Morgan fingerprint density at radius 1 is 1.03 bits per heavy atom. The molecule has 0 fully saturated rings. The maximum atomic E-state index is 12.6. The first-order valence-corrected chi connectivity index (χ1v) is 9.43. The molecule has 0 bridgehead atoms. The number of benzene rings is 2. The lowest BCUT2D eigenvalue weighted by atomic mass is 10.1. The third-order valence-corrected chi connectivity index (χ3v) is 4.70. The molecule has 2 heterocycles. The minimum atomic E-state index is -0.681. The van der Waals surface area contributed by atoms with E-state index in [4.69, 9.17) is 0 Å². The second kappa shape index (κ2) is 8.54. The zero-order valence-corrected chi connectivity index (χ0v) is 16.2. The van der Waals surface area contributed by atoms with Crippen molar-refractivity contribution >= 4 is 23.4 Å². The predicted octanol–water partition coefficient (Wildman–Crippen LogP) is 1.01. The molecule has 2 aromatic carbocycles. The maximum absolute atomic E-state index is 12.6. The van der Waals surface area contributed by atoms with Crippen LogP contribution in [0.25, 0.3) is 16.9 Å². The molecule has 1 amide bonds. The molecule has 0 saturated heterocycles. The topological polar surface area (TPSA) is 127 Å². The summed E-state index contributed by atoms with van der Waals surface area (Å²) in [7, 11) is 0. The molecule has 0 saturated carbocycles. The van der Waals surface area contributed by atoms with Crippen LogP contribution in [0, 0.1) is 0 Å². The molecule has 0 aliphatic carbocycles. The van der Waals surface area contributed by atoms with Gasteiger partial charge in [-0.15, -0.1) is 0 Å². The lowest BCUT2D eigenvalue weighted by molar-refractivity contribution is -0.109. The Balaban J connectivity index is 1.56. The first kappa shape index (κ1) is 19.9. The van der Waals surface area contributed by atoms with Crippen LogP contribution in [0.1, 0.15) is 15.9 Å². The van der Waals surface area contributed by atoms with E-state index in [1.165, 1.54) is 36.7 Å².